The molecule has 0 radical (unpaired) electrons. The highest BCUT2D eigenvalue weighted by Crippen LogP contribution is 2.47. The van der Waals surface area contributed by atoms with Gasteiger partial charge in [-0.3, -0.25) is 9.69 Å². The largest absolute Gasteiger partial charge is 0.416 e. The van der Waals surface area contributed by atoms with Crippen molar-refractivity contribution in [3.63, 3.8) is 0 Å². The Morgan fingerprint density at radius 3 is 2.68 bits per heavy atom. The minimum atomic E-state index is -4.64. The fraction of sp³-hybridized carbons (Fsp3) is 0.483. The van der Waals surface area contributed by atoms with Gasteiger partial charge in [0.25, 0.3) is 5.91 Å². The van der Waals surface area contributed by atoms with Crippen LogP contribution < -0.4 is 4.90 Å². The first-order chi connectivity index (χ1) is 19.6. The lowest BCUT2D eigenvalue weighted by molar-refractivity contribution is -0.138. The number of rotatable bonds is 7. The number of aliphatic hydroxyl groups is 1. The van der Waals surface area contributed by atoms with Gasteiger partial charge >= 0.3 is 6.18 Å². The molecule has 41 heavy (non-hydrogen) atoms. The van der Waals surface area contributed by atoms with E-state index in [0.717, 1.165) is 25.5 Å². The molecule has 2 saturated heterocycles. The molecule has 1 N–H and O–H groups in total. The molecule has 2 atom stereocenters. The Hall–Kier alpha value is -3.35. The van der Waals surface area contributed by atoms with Gasteiger partial charge in [0.15, 0.2) is 12.0 Å². The summed E-state index contributed by atoms with van der Waals surface area (Å²) in [4.78, 5) is 17.0. The summed E-state index contributed by atoms with van der Waals surface area (Å²) in [5.41, 5.74) is -0.543. The molecule has 0 bridgehead atoms. The maximum Gasteiger partial charge on any atom is 0.416 e. The summed E-state index contributed by atoms with van der Waals surface area (Å²) in [7, 11) is 1.65. The number of amides is 1. The van der Waals surface area contributed by atoms with Crippen LogP contribution in [0.15, 0.2) is 42.7 Å². The number of halogens is 4. The molecule has 3 aliphatic heterocycles. The lowest BCUT2D eigenvalue weighted by atomic mass is 9.74. The van der Waals surface area contributed by atoms with Crippen molar-refractivity contribution in [1.29, 1.82) is 0 Å². The first-order valence-electron chi connectivity index (χ1n) is 13.6. The number of likely N-dealkylation sites (tertiary alicyclic amines) is 1. The van der Waals surface area contributed by atoms with Gasteiger partial charge in [0.2, 0.25) is 0 Å². The topological polar surface area (TPSA) is 83.7 Å². The van der Waals surface area contributed by atoms with Crippen LogP contribution in [-0.4, -0.2) is 63.6 Å². The van der Waals surface area contributed by atoms with Crippen LogP contribution in [0.25, 0.3) is 0 Å². The number of anilines is 1. The molecule has 3 aliphatic rings. The average molecular weight is 574 g/mol. The molecule has 0 spiro atoms. The Morgan fingerprint density at radius 1 is 1.22 bits per heavy atom. The highest BCUT2D eigenvalue weighted by molar-refractivity contribution is 6.10. The van der Waals surface area contributed by atoms with E-state index in [1.165, 1.54) is 15.8 Å². The summed E-state index contributed by atoms with van der Waals surface area (Å²) >= 11 is 0. The van der Waals surface area contributed by atoms with Crippen LogP contribution >= 0.6 is 0 Å². The molecule has 4 heterocycles. The molecular weight excluding hydrogens is 542 g/mol. The van der Waals surface area contributed by atoms with Crippen molar-refractivity contribution in [3.8, 4) is 0 Å². The lowest BCUT2D eigenvalue weighted by Crippen LogP contribution is -2.50. The van der Waals surface area contributed by atoms with Gasteiger partial charge in [-0.25, -0.2) is 4.39 Å². The average Bonchev–Trinajstić information content (AvgIpc) is 3.50. The highest BCUT2D eigenvalue weighted by Gasteiger charge is 2.51. The van der Waals surface area contributed by atoms with Gasteiger partial charge in [-0.1, -0.05) is 12.1 Å². The Kier molecular flexibility index (Phi) is 7.11. The summed E-state index contributed by atoms with van der Waals surface area (Å²) in [6.07, 6.45) is -3.03. The van der Waals surface area contributed by atoms with Crippen LogP contribution in [0.4, 0.5) is 23.2 Å². The monoisotopic (exact) mass is 573 g/mol. The molecule has 8 nitrogen and oxygen atoms in total. The first-order valence-corrected chi connectivity index (χ1v) is 13.6. The number of hydrogen-bond donors (Lipinski definition) is 1. The predicted octanol–water partition coefficient (Wildman–Crippen LogP) is 4.18. The van der Waals surface area contributed by atoms with Gasteiger partial charge in [-0.2, -0.15) is 13.2 Å². The Balaban J connectivity index is 1.31. The zero-order chi connectivity index (χ0) is 28.9. The van der Waals surface area contributed by atoms with E-state index in [0.29, 0.717) is 23.4 Å². The molecule has 1 amide bonds. The van der Waals surface area contributed by atoms with E-state index in [4.69, 9.17) is 4.74 Å². The van der Waals surface area contributed by atoms with Crippen LogP contribution in [0.3, 0.4) is 0 Å². The Morgan fingerprint density at radius 2 is 2.02 bits per heavy atom. The number of fused-ring (bicyclic) bond motifs is 1. The van der Waals surface area contributed by atoms with Crippen molar-refractivity contribution >= 4 is 11.6 Å². The fourth-order valence-electron chi connectivity index (χ4n) is 6.26. The van der Waals surface area contributed by atoms with E-state index in [1.807, 2.05) is 4.90 Å². The second-order valence-electron chi connectivity index (χ2n) is 11.3. The number of ether oxygens (including phenoxy) is 1. The van der Waals surface area contributed by atoms with Gasteiger partial charge in [-0.15, -0.1) is 10.2 Å². The maximum atomic E-state index is 15.9. The number of benzene rings is 2. The molecule has 0 saturated carbocycles. The molecular formula is C29H31F4N5O3. The first kappa shape index (κ1) is 27.8. The van der Waals surface area contributed by atoms with E-state index in [9.17, 15) is 23.1 Å². The third kappa shape index (κ3) is 4.91. The van der Waals surface area contributed by atoms with Crippen molar-refractivity contribution in [3.05, 3.63) is 76.4 Å². The zero-order valence-electron chi connectivity index (χ0n) is 22.6. The van der Waals surface area contributed by atoms with Crippen molar-refractivity contribution in [2.24, 2.45) is 13.0 Å². The molecule has 1 aromatic heterocycles. The van der Waals surface area contributed by atoms with Gasteiger partial charge < -0.3 is 19.3 Å². The standard InChI is InChI=1S/C29H31F4N5O3/c1-36-17-34-35-26(36)25(30)28(15-41-16-28)20-5-2-6-21(10-20)38-13-23-22(27(38)40)8-19(9-24(23)29(31,32)33)12-37-7-3-4-18(11-37)14-39/h2,5-6,8-10,17-18,25,39H,3-4,7,11-16H2,1H3/t18-,25-/m1/s1. The van der Waals surface area contributed by atoms with Gasteiger partial charge in [0.1, 0.15) is 6.33 Å². The van der Waals surface area contributed by atoms with E-state index < -0.39 is 29.2 Å². The SMILES string of the molecule is Cn1cnnc1[C@@H](F)C1(c2cccc(N3Cc4c(cc(CN5CCC[C@@H](CO)C5)cc4C(F)(F)F)C3=O)c2)COC1. The number of nitrogens with zero attached hydrogens (tertiary/aromatic N) is 5. The van der Waals surface area contributed by atoms with Crippen molar-refractivity contribution in [1.82, 2.24) is 19.7 Å². The number of hydrogen-bond acceptors (Lipinski definition) is 6. The van der Waals surface area contributed by atoms with Gasteiger partial charge in [0, 0.05) is 38.0 Å². The van der Waals surface area contributed by atoms with Crippen LogP contribution in [-0.2, 0) is 36.5 Å². The number of carbonyl (C=O) groups excluding carboxylic acids is 1. The minimum absolute atomic E-state index is 0.0279. The third-order valence-electron chi connectivity index (χ3n) is 8.58. The number of piperidine rings is 1. The Labute approximate surface area is 234 Å². The van der Waals surface area contributed by atoms with E-state index in [1.54, 1.807) is 37.4 Å². The van der Waals surface area contributed by atoms with Crippen LogP contribution in [0.5, 0.6) is 0 Å². The van der Waals surface area contributed by atoms with Gasteiger partial charge in [0.05, 0.1) is 30.7 Å². The minimum Gasteiger partial charge on any atom is -0.396 e. The number of aliphatic hydroxyl groups excluding tert-OH is 1. The molecule has 2 fully saturated rings. The second kappa shape index (κ2) is 10.5. The van der Waals surface area contributed by atoms with E-state index in [-0.39, 0.29) is 55.8 Å². The number of carbonyl (C=O) groups is 1. The summed E-state index contributed by atoms with van der Waals surface area (Å²) in [6.45, 7) is 1.55. The van der Waals surface area contributed by atoms with Gasteiger partial charge in [-0.05, 0) is 66.3 Å². The third-order valence-corrected chi connectivity index (χ3v) is 8.58. The summed E-state index contributed by atoms with van der Waals surface area (Å²) in [6, 6.07) is 9.42. The summed E-state index contributed by atoms with van der Waals surface area (Å²) in [5, 5.41) is 17.2. The summed E-state index contributed by atoms with van der Waals surface area (Å²) in [5.74, 6) is -0.295. The molecule has 6 rings (SSSR count). The van der Waals surface area contributed by atoms with Crippen LogP contribution in [0.2, 0.25) is 0 Å². The number of aromatic nitrogens is 3. The number of aryl methyl sites for hydroxylation is 1. The van der Waals surface area contributed by atoms with Crippen molar-refractivity contribution < 1.29 is 32.2 Å². The molecule has 0 unspecified atom stereocenters. The zero-order valence-corrected chi connectivity index (χ0v) is 22.6. The van der Waals surface area contributed by atoms with E-state index >= 15 is 4.39 Å². The molecule has 218 valence electrons. The smallest absolute Gasteiger partial charge is 0.396 e. The number of alkyl halides is 4. The molecule has 0 aliphatic carbocycles. The molecule has 12 heteroatoms. The van der Waals surface area contributed by atoms with Crippen molar-refractivity contribution in [2.75, 3.05) is 37.8 Å². The Bertz CT molecular complexity index is 1450. The van der Waals surface area contributed by atoms with Crippen LogP contribution in [0, 0.1) is 5.92 Å². The highest BCUT2D eigenvalue weighted by atomic mass is 19.4. The van der Waals surface area contributed by atoms with E-state index in [2.05, 4.69) is 10.2 Å². The van der Waals surface area contributed by atoms with Crippen molar-refractivity contribution in [2.45, 2.75) is 43.7 Å². The normalized spacial score (nSPS) is 21.6. The molecule has 3 aromatic rings. The van der Waals surface area contributed by atoms with Crippen LogP contribution in [0.1, 0.15) is 57.4 Å². The fourth-order valence-corrected chi connectivity index (χ4v) is 6.26. The maximum absolute atomic E-state index is 15.9. The lowest BCUT2D eigenvalue weighted by Gasteiger charge is -2.43. The predicted molar refractivity (Wildman–Crippen MR) is 141 cm³/mol. The second-order valence-corrected chi connectivity index (χ2v) is 11.3. The summed E-state index contributed by atoms with van der Waals surface area (Å²) < 4.78 is 65.5. The quantitative estimate of drug-likeness (QED) is 0.427. The molecule has 2 aromatic carbocycles.